The van der Waals surface area contributed by atoms with Crippen LogP contribution >= 0.6 is 0 Å². The molecule has 2 rings (SSSR count). The lowest BCUT2D eigenvalue weighted by atomic mass is 10.1. The van der Waals surface area contributed by atoms with Crippen molar-refractivity contribution in [3.63, 3.8) is 0 Å². The van der Waals surface area contributed by atoms with E-state index in [9.17, 15) is 13.2 Å². The van der Waals surface area contributed by atoms with Crippen molar-refractivity contribution >= 4 is 15.9 Å². The summed E-state index contributed by atoms with van der Waals surface area (Å²) < 4.78 is 24.0. The van der Waals surface area contributed by atoms with Crippen LogP contribution < -0.4 is 10.5 Å². The standard InChI is InChI=1S/C15H19N3O3S/c1-11-5-3-4-6-12(11)7-8-17-15(19)14-9-13(10-18(14)2)22(16,20)21/h3-6,9-10H,7-8H2,1-2H3,(H,17,19)(H2,16,20,21). The molecular formula is C15H19N3O3S. The lowest BCUT2D eigenvalue weighted by Gasteiger charge is -2.08. The van der Waals surface area contributed by atoms with Crippen LogP contribution in [0.25, 0.3) is 0 Å². The van der Waals surface area contributed by atoms with Gasteiger partial charge in [-0.3, -0.25) is 4.79 Å². The highest BCUT2D eigenvalue weighted by atomic mass is 32.2. The first-order valence-corrected chi connectivity index (χ1v) is 8.35. The molecule has 3 N–H and O–H groups in total. The molecule has 118 valence electrons. The second kappa shape index (κ2) is 6.33. The topological polar surface area (TPSA) is 94.2 Å². The maximum Gasteiger partial charge on any atom is 0.267 e. The summed E-state index contributed by atoms with van der Waals surface area (Å²) in [6, 6.07) is 9.24. The number of aryl methyl sites for hydroxylation is 2. The summed E-state index contributed by atoms with van der Waals surface area (Å²) in [7, 11) is -2.21. The molecule has 0 aliphatic carbocycles. The van der Waals surface area contributed by atoms with Gasteiger partial charge in [0.15, 0.2) is 0 Å². The Morgan fingerprint density at radius 3 is 2.59 bits per heavy atom. The number of nitrogens with zero attached hydrogens (tertiary/aromatic N) is 1. The third-order valence-corrected chi connectivity index (χ3v) is 4.36. The summed E-state index contributed by atoms with van der Waals surface area (Å²) in [6.45, 7) is 2.49. The number of amides is 1. The molecular weight excluding hydrogens is 302 g/mol. The zero-order chi connectivity index (χ0) is 16.3. The molecule has 0 aliphatic rings. The first-order chi connectivity index (χ1) is 10.3. The number of carbonyl (C=O) groups is 1. The molecule has 0 spiro atoms. The number of rotatable bonds is 5. The van der Waals surface area contributed by atoms with Gasteiger partial charge in [-0.2, -0.15) is 0 Å². The first-order valence-electron chi connectivity index (χ1n) is 6.81. The summed E-state index contributed by atoms with van der Waals surface area (Å²) in [5.41, 5.74) is 2.60. The molecule has 0 fully saturated rings. The third-order valence-electron chi connectivity index (χ3n) is 3.48. The second-order valence-electron chi connectivity index (χ2n) is 5.15. The van der Waals surface area contributed by atoms with Gasteiger partial charge in [0.1, 0.15) is 10.6 Å². The minimum Gasteiger partial charge on any atom is -0.350 e. The number of primary sulfonamides is 1. The summed E-state index contributed by atoms with van der Waals surface area (Å²) >= 11 is 0. The van der Waals surface area contributed by atoms with E-state index in [1.807, 2.05) is 31.2 Å². The maximum atomic E-state index is 12.1. The average molecular weight is 321 g/mol. The van der Waals surface area contributed by atoms with Crippen molar-refractivity contribution < 1.29 is 13.2 Å². The minimum atomic E-state index is -3.81. The van der Waals surface area contributed by atoms with E-state index in [0.717, 1.165) is 0 Å². The normalized spacial score (nSPS) is 11.4. The Bertz CT molecular complexity index is 794. The number of carbonyl (C=O) groups excluding carboxylic acids is 1. The Balaban J connectivity index is 2.01. The highest BCUT2D eigenvalue weighted by molar-refractivity contribution is 7.89. The van der Waals surface area contributed by atoms with Crippen molar-refractivity contribution in [3.05, 3.63) is 53.3 Å². The Labute approximate surface area is 130 Å². The lowest BCUT2D eigenvalue weighted by Crippen LogP contribution is -2.27. The molecule has 0 bridgehead atoms. The van der Waals surface area contributed by atoms with E-state index in [-0.39, 0.29) is 16.5 Å². The zero-order valence-corrected chi connectivity index (χ0v) is 13.4. The van der Waals surface area contributed by atoms with Crippen molar-refractivity contribution in [2.24, 2.45) is 12.2 Å². The molecule has 6 nitrogen and oxygen atoms in total. The van der Waals surface area contributed by atoms with E-state index < -0.39 is 10.0 Å². The largest absolute Gasteiger partial charge is 0.350 e. The predicted octanol–water partition coefficient (Wildman–Crippen LogP) is 0.953. The number of sulfonamides is 1. The SMILES string of the molecule is Cc1ccccc1CCNC(=O)c1cc(S(N)(=O)=O)cn1C. The van der Waals surface area contributed by atoms with Crippen LogP contribution in [0.2, 0.25) is 0 Å². The average Bonchev–Trinajstić information content (AvgIpc) is 2.83. The summed E-state index contributed by atoms with van der Waals surface area (Å²) in [5.74, 6) is -0.328. The number of nitrogens with one attached hydrogen (secondary N) is 1. The Morgan fingerprint density at radius 1 is 1.32 bits per heavy atom. The second-order valence-corrected chi connectivity index (χ2v) is 6.71. The van der Waals surface area contributed by atoms with Crippen molar-refractivity contribution in [1.29, 1.82) is 0 Å². The van der Waals surface area contributed by atoms with Crippen LogP contribution in [-0.2, 0) is 23.5 Å². The molecule has 0 unspecified atom stereocenters. The van der Waals surface area contributed by atoms with Crippen LogP contribution in [0.15, 0.2) is 41.4 Å². The highest BCUT2D eigenvalue weighted by Gasteiger charge is 2.17. The number of hydrogen-bond donors (Lipinski definition) is 2. The maximum absolute atomic E-state index is 12.1. The van der Waals surface area contributed by atoms with E-state index in [1.54, 1.807) is 7.05 Å². The van der Waals surface area contributed by atoms with Gasteiger partial charge in [0, 0.05) is 19.8 Å². The summed E-state index contributed by atoms with van der Waals surface area (Å²) in [4.78, 5) is 12.0. The van der Waals surface area contributed by atoms with Crippen LogP contribution in [0.4, 0.5) is 0 Å². The van der Waals surface area contributed by atoms with Crippen LogP contribution in [0.1, 0.15) is 21.6 Å². The molecule has 0 saturated heterocycles. The molecule has 7 heteroatoms. The molecule has 1 heterocycles. The van der Waals surface area contributed by atoms with Gasteiger partial charge in [-0.1, -0.05) is 24.3 Å². The van der Waals surface area contributed by atoms with Gasteiger partial charge >= 0.3 is 0 Å². The quantitative estimate of drug-likeness (QED) is 0.858. The Kier molecular flexibility index (Phi) is 4.68. The number of aromatic nitrogens is 1. The summed E-state index contributed by atoms with van der Waals surface area (Å²) in [5, 5.41) is 7.84. The smallest absolute Gasteiger partial charge is 0.267 e. The number of hydrogen-bond acceptors (Lipinski definition) is 3. The fourth-order valence-electron chi connectivity index (χ4n) is 2.21. The molecule has 0 saturated carbocycles. The Hall–Kier alpha value is -2.12. The predicted molar refractivity (Wildman–Crippen MR) is 84.0 cm³/mol. The molecule has 0 radical (unpaired) electrons. The molecule has 0 atom stereocenters. The number of benzene rings is 1. The first kappa shape index (κ1) is 16.3. The van der Waals surface area contributed by atoms with Gasteiger partial charge < -0.3 is 9.88 Å². The van der Waals surface area contributed by atoms with E-state index in [4.69, 9.17) is 5.14 Å². The van der Waals surface area contributed by atoms with Gasteiger partial charge in [-0.15, -0.1) is 0 Å². The van der Waals surface area contributed by atoms with Crippen LogP contribution in [0, 0.1) is 6.92 Å². The van der Waals surface area contributed by atoms with Gasteiger partial charge in [0.05, 0.1) is 0 Å². The fourth-order valence-corrected chi connectivity index (χ4v) is 2.79. The van der Waals surface area contributed by atoms with Crippen molar-refractivity contribution in [1.82, 2.24) is 9.88 Å². The molecule has 22 heavy (non-hydrogen) atoms. The van der Waals surface area contributed by atoms with E-state index in [0.29, 0.717) is 13.0 Å². The zero-order valence-electron chi connectivity index (χ0n) is 12.5. The van der Waals surface area contributed by atoms with E-state index >= 15 is 0 Å². The Morgan fingerprint density at radius 2 is 2.00 bits per heavy atom. The van der Waals surface area contributed by atoms with Gasteiger partial charge in [-0.25, -0.2) is 13.6 Å². The third kappa shape index (κ3) is 3.75. The molecule has 1 aromatic heterocycles. The van der Waals surface area contributed by atoms with E-state index in [1.165, 1.54) is 28.0 Å². The van der Waals surface area contributed by atoms with Crippen LogP contribution in [0.5, 0.6) is 0 Å². The highest BCUT2D eigenvalue weighted by Crippen LogP contribution is 2.12. The van der Waals surface area contributed by atoms with Gasteiger partial charge in [-0.05, 0) is 30.5 Å². The van der Waals surface area contributed by atoms with Crippen LogP contribution in [0.3, 0.4) is 0 Å². The van der Waals surface area contributed by atoms with Crippen molar-refractivity contribution in [3.8, 4) is 0 Å². The fraction of sp³-hybridized carbons (Fsp3) is 0.267. The minimum absolute atomic E-state index is 0.0703. The van der Waals surface area contributed by atoms with Crippen molar-refractivity contribution in [2.75, 3.05) is 6.54 Å². The number of nitrogens with two attached hydrogens (primary N) is 1. The molecule has 1 aromatic carbocycles. The van der Waals surface area contributed by atoms with Crippen molar-refractivity contribution in [2.45, 2.75) is 18.2 Å². The van der Waals surface area contributed by atoms with Crippen LogP contribution in [-0.4, -0.2) is 25.4 Å². The molecule has 2 aromatic rings. The molecule has 0 aliphatic heterocycles. The van der Waals surface area contributed by atoms with Gasteiger partial charge in [0.2, 0.25) is 10.0 Å². The molecule has 1 amide bonds. The lowest BCUT2D eigenvalue weighted by molar-refractivity contribution is 0.0946. The van der Waals surface area contributed by atoms with Gasteiger partial charge in [0.25, 0.3) is 5.91 Å². The summed E-state index contributed by atoms with van der Waals surface area (Å²) in [6.07, 6.45) is 2.04. The monoisotopic (exact) mass is 321 g/mol. The van der Waals surface area contributed by atoms with E-state index in [2.05, 4.69) is 5.32 Å².